The van der Waals surface area contributed by atoms with E-state index in [1.807, 2.05) is 12.1 Å². The number of hydrogen-bond donors (Lipinski definition) is 1. The number of nitriles is 2. The van der Waals surface area contributed by atoms with Crippen molar-refractivity contribution < 1.29 is 5.11 Å². The van der Waals surface area contributed by atoms with Crippen molar-refractivity contribution in [2.24, 2.45) is 23.7 Å². The first-order chi connectivity index (χ1) is 7.74. The summed E-state index contributed by atoms with van der Waals surface area (Å²) in [5.74, 6) is 1.65. The molecule has 0 radical (unpaired) electrons. The second-order valence-corrected chi connectivity index (χ2v) is 5.42. The molecular weight excluding hydrogens is 200 g/mol. The molecule has 5 atom stereocenters. The molecule has 16 heavy (non-hydrogen) atoms. The quantitative estimate of drug-likeness (QED) is 0.625. The molecule has 4 rings (SSSR count). The summed E-state index contributed by atoms with van der Waals surface area (Å²) < 4.78 is 0. The number of hydrogen-bond acceptors (Lipinski definition) is 3. The van der Waals surface area contributed by atoms with Gasteiger partial charge in [-0.05, 0) is 49.0 Å². The normalized spacial score (nSPS) is 43.9. The summed E-state index contributed by atoms with van der Waals surface area (Å²) in [5.41, 5.74) is 1.25. The Morgan fingerprint density at radius 3 is 2.56 bits per heavy atom. The Kier molecular flexibility index (Phi) is 2.06. The Bertz CT molecular complexity index is 424. The second kappa shape index (κ2) is 3.34. The minimum atomic E-state index is -0.306. The van der Waals surface area contributed by atoms with Gasteiger partial charge in [0.05, 0.1) is 6.10 Å². The fourth-order valence-electron chi connectivity index (χ4n) is 4.19. The van der Waals surface area contributed by atoms with Crippen molar-refractivity contribution in [1.82, 2.24) is 0 Å². The maximum absolute atomic E-state index is 10.2. The van der Waals surface area contributed by atoms with Gasteiger partial charge in [-0.15, -0.1) is 0 Å². The Morgan fingerprint density at radius 2 is 1.88 bits per heavy atom. The first kappa shape index (κ1) is 9.87. The largest absolute Gasteiger partial charge is 0.392 e. The van der Waals surface area contributed by atoms with Gasteiger partial charge in [-0.1, -0.05) is 0 Å². The van der Waals surface area contributed by atoms with Crippen LogP contribution >= 0.6 is 0 Å². The summed E-state index contributed by atoms with van der Waals surface area (Å²) in [5, 5.41) is 28.2. The van der Waals surface area contributed by atoms with Crippen LogP contribution < -0.4 is 0 Å². The third-order valence-electron chi connectivity index (χ3n) is 4.68. The van der Waals surface area contributed by atoms with Crippen molar-refractivity contribution in [1.29, 1.82) is 10.5 Å². The highest BCUT2D eigenvalue weighted by Gasteiger charge is 2.51. The maximum Gasteiger partial charge on any atom is 0.129 e. The van der Waals surface area contributed by atoms with E-state index in [0.717, 1.165) is 37.2 Å². The van der Waals surface area contributed by atoms with E-state index in [9.17, 15) is 5.11 Å². The second-order valence-electron chi connectivity index (χ2n) is 5.42. The predicted octanol–water partition coefficient (Wildman–Crippen LogP) is 1.76. The van der Waals surface area contributed by atoms with Gasteiger partial charge in [-0.3, -0.25) is 0 Å². The summed E-state index contributed by atoms with van der Waals surface area (Å²) in [7, 11) is 0. The zero-order chi connectivity index (χ0) is 11.3. The molecule has 1 N–H and O–H groups in total. The van der Waals surface area contributed by atoms with Crippen molar-refractivity contribution >= 4 is 0 Å². The van der Waals surface area contributed by atoms with E-state index in [1.54, 1.807) is 0 Å². The highest BCUT2D eigenvalue weighted by Crippen LogP contribution is 2.56. The van der Waals surface area contributed by atoms with Gasteiger partial charge in [-0.25, -0.2) is 0 Å². The van der Waals surface area contributed by atoms with Crippen molar-refractivity contribution in [3.8, 4) is 12.1 Å². The molecule has 0 aliphatic heterocycles. The molecule has 4 bridgehead atoms. The average molecular weight is 214 g/mol. The molecule has 0 spiro atoms. The number of rotatable bonds is 0. The fraction of sp³-hybridized carbons (Fsp3) is 0.692. The van der Waals surface area contributed by atoms with Crippen LogP contribution in [0.5, 0.6) is 0 Å². The van der Waals surface area contributed by atoms with Gasteiger partial charge in [0.15, 0.2) is 0 Å². The highest BCUT2D eigenvalue weighted by molar-refractivity contribution is 5.44. The third-order valence-corrected chi connectivity index (χ3v) is 4.68. The van der Waals surface area contributed by atoms with Crippen LogP contribution in [-0.2, 0) is 0 Å². The lowest BCUT2D eigenvalue weighted by atomic mass is 9.52. The molecule has 0 saturated heterocycles. The summed E-state index contributed by atoms with van der Waals surface area (Å²) in [6.45, 7) is 0. The smallest absolute Gasteiger partial charge is 0.129 e. The zero-order valence-corrected chi connectivity index (χ0v) is 9.06. The van der Waals surface area contributed by atoms with Gasteiger partial charge >= 0.3 is 0 Å². The number of nitrogens with zero attached hydrogens (tertiary/aromatic N) is 2. The van der Waals surface area contributed by atoms with Crippen molar-refractivity contribution in [2.45, 2.75) is 31.8 Å². The Balaban J connectivity index is 2.07. The molecule has 4 fully saturated rings. The molecule has 4 aliphatic rings. The lowest BCUT2D eigenvalue weighted by Crippen LogP contribution is -2.50. The molecule has 4 unspecified atom stereocenters. The molecule has 4 saturated carbocycles. The SMILES string of the molecule is N#CC(C#N)=C1C2CC3CC(C2)[C@H](O)C1C3. The van der Waals surface area contributed by atoms with Gasteiger partial charge < -0.3 is 5.11 Å². The Labute approximate surface area is 95.0 Å². The number of aliphatic hydroxyl groups is 1. The van der Waals surface area contributed by atoms with Gasteiger partial charge in [0.1, 0.15) is 17.7 Å². The topological polar surface area (TPSA) is 67.8 Å². The van der Waals surface area contributed by atoms with Crippen LogP contribution in [0, 0.1) is 46.3 Å². The van der Waals surface area contributed by atoms with Crippen LogP contribution in [0.1, 0.15) is 25.7 Å². The predicted molar refractivity (Wildman–Crippen MR) is 56.7 cm³/mol. The molecule has 0 aromatic heterocycles. The summed E-state index contributed by atoms with van der Waals surface area (Å²) in [4.78, 5) is 0. The van der Waals surface area contributed by atoms with E-state index in [1.165, 1.54) is 0 Å². The minimum absolute atomic E-state index is 0.102. The molecular formula is C13H14N2O. The lowest BCUT2D eigenvalue weighted by Gasteiger charge is -2.54. The lowest BCUT2D eigenvalue weighted by molar-refractivity contribution is -0.0583. The first-order valence-electron chi connectivity index (χ1n) is 5.97. The van der Waals surface area contributed by atoms with Gasteiger partial charge in [0, 0.05) is 5.92 Å². The van der Waals surface area contributed by atoms with Gasteiger partial charge in [0.25, 0.3) is 0 Å². The monoisotopic (exact) mass is 214 g/mol. The molecule has 4 aliphatic carbocycles. The molecule has 3 heteroatoms. The van der Waals surface area contributed by atoms with E-state index < -0.39 is 0 Å². The van der Waals surface area contributed by atoms with Gasteiger partial charge in [-0.2, -0.15) is 10.5 Å². The third kappa shape index (κ3) is 1.16. The number of aliphatic hydroxyl groups excluding tert-OH is 1. The summed E-state index contributed by atoms with van der Waals surface area (Å²) >= 11 is 0. The Morgan fingerprint density at radius 1 is 1.12 bits per heavy atom. The molecule has 82 valence electrons. The number of allylic oxidation sites excluding steroid dienone is 1. The average Bonchev–Trinajstić information content (AvgIpc) is 2.29. The van der Waals surface area contributed by atoms with Crippen molar-refractivity contribution in [3.63, 3.8) is 0 Å². The Hall–Kier alpha value is -1.32. The molecule has 0 amide bonds. The maximum atomic E-state index is 10.2. The fourth-order valence-corrected chi connectivity index (χ4v) is 4.19. The first-order valence-corrected chi connectivity index (χ1v) is 5.97. The summed E-state index contributed by atoms with van der Waals surface area (Å²) in [6.07, 6.45) is 3.93. The van der Waals surface area contributed by atoms with E-state index in [4.69, 9.17) is 10.5 Å². The standard InChI is InChI=1S/C13H14N2O/c14-5-10(6-15)12-8-1-7-2-9(4-8)13(16)11(12)3-7/h7-9,11,13,16H,1-4H2/t7?,8?,9?,11?,13-/m0/s1. The van der Waals surface area contributed by atoms with E-state index in [2.05, 4.69) is 0 Å². The highest BCUT2D eigenvalue weighted by atomic mass is 16.3. The van der Waals surface area contributed by atoms with E-state index in [-0.39, 0.29) is 17.6 Å². The zero-order valence-electron chi connectivity index (χ0n) is 9.06. The van der Waals surface area contributed by atoms with Crippen LogP contribution in [0.15, 0.2) is 11.1 Å². The van der Waals surface area contributed by atoms with Gasteiger partial charge in [0.2, 0.25) is 0 Å². The molecule has 3 nitrogen and oxygen atoms in total. The van der Waals surface area contributed by atoms with Crippen LogP contribution in [0.25, 0.3) is 0 Å². The van der Waals surface area contributed by atoms with Crippen molar-refractivity contribution in [2.75, 3.05) is 0 Å². The summed E-state index contributed by atoms with van der Waals surface area (Å²) in [6, 6.07) is 4.02. The minimum Gasteiger partial charge on any atom is -0.392 e. The van der Waals surface area contributed by atoms with Crippen molar-refractivity contribution in [3.05, 3.63) is 11.1 Å². The van der Waals surface area contributed by atoms with Crippen LogP contribution in [0.3, 0.4) is 0 Å². The van der Waals surface area contributed by atoms with Crippen LogP contribution in [0.2, 0.25) is 0 Å². The molecule has 0 aromatic carbocycles. The van der Waals surface area contributed by atoms with Crippen LogP contribution in [-0.4, -0.2) is 11.2 Å². The van der Waals surface area contributed by atoms with E-state index in [0.29, 0.717) is 11.8 Å². The molecule has 0 aromatic rings. The van der Waals surface area contributed by atoms with Crippen LogP contribution in [0.4, 0.5) is 0 Å². The van der Waals surface area contributed by atoms with E-state index >= 15 is 0 Å². The molecule has 0 heterocycles.